The third kappa shape index (κ3) is 6.18. The van der Waals surface area contributed by atoms with Gasteiger partial charge in [-0.3, -0.25) is 29.5 Å². The summed E-state index contributed by atoms with van der Waals surface area (Å²) < 4.78 is 1.53. The first kappa shape index (κ1) is 35.3. The van der Waals surface area contributed by atoms with Crippen LogP contribution in [0.5, 0.6) is 0 Å². The van der Waals surface area contributed by atoms with Gasteiger partial charge in [0.25, 0.3) is 11.8 Å². The van der Waals surface area contributed by atoms with Crippen molar-refractivity contribution in [3.05, 3.63) is 70.5 Å². The minimum Gasteiger partial charge on any atom is -0.385 e. The molecule has 2 aromatic heterocycles. The van der Waals surface area contributed by atoms with Crippen LogP contribution < -0.4 is 31.1 Å². The lowest BCUT2D eigenvalue weighted by Gasteiger charge is -2.56. The third-order valence-corrected chi connectivity index (χ3v) is 12.7. The number of primary amides is 1. The van der Waals surface area contributed by atoms with Gasteiger partial charge in [0, 0.05) is 100 Å². The number of nitrogens with two attached hydrogens (primary N) is 1. The zero-order valence-corrected chi connectivity index (χ0v) is 31.5. The lowest BCUT2D eigenvalue weighted by molar-refractivity contribution is -0.120. The molecule has 1 spiro atoms. The summed E-state index contributed by atoms with van der Waals surface area (Å²) in [6.07, 6.45) is 6.85. The van der Waals surface area contributed by atoms with Crippen molar-refractivity contribution in [2.45, 2.75) is 44.6 Å². The number of hydrogen-bond donors (Lipinski definition) is 3. The van der Waals surface area contributed by atoms with Crippen molar-refractivity contribution in [2.75, 3.05) is 79.4 Å². The summed E-state index contributed by atoms with van der Waals surface area (Å²) in [7, 11) is 1.83. The molecule has 6 heterocycles. The molecule has 1 aliphatic carbocycles. The Balaban J connectivity index is 0.801. The Bertz CT molecular complexity index is 2220. The Labute approximate surface area is 323 Å². The quantitative estimate of drug-likeness (QED) is 0.252. The highest BCUT2D eigenvalue weighted by Crippen LogP contribution is 2.51. The molecule has 4 aliphatic heterocycles. The summed E-state index contributed by atoms with van der Waals surface area (Å²) >= 11 is 6.43. The summed E-state index contributed by atoms with van der Waals surface area (Å²) in [5.74, 6) is -0.216. The van der Waals surface area contributed by atoms with Gasteiger partial charge in [-0.25, -0.2) is 14.3 Å². The molecule has 0 unspecified atom stereocenters. The van der Waals surface area contributed by atoms with Crippen LogP contribution in [0.15, 0.2) is 48.7 Å². The lowest BCUT2D eigenvalue weighted by Crippen LogP contribution is -2.59. The first-order valence-corrected chi connectivity index (χ1v) is 19.4. The Morgan fingerprint density at radius 3 is 2.38 bits per heavy atom. The molecule has 0 atom stereocenters. The number of halogens is 1. The van der Waals surface area contributed by atoms with Crippen molar-refractivity contribution in [3.8, 4) is 0 Å². The van der Waals surface area contributed by atoms with Crippen LogP contribution >= 0.6 is 11.6 Å². The van der Waals surface area contributed by atoms with Gasteiger partial charge in [-0.15, -0.1) is 5.10 Å². The smallest absolute Gasteiger partial charge is 0.328 e. The highest BCUT2D eigenvalue weighted by atomic mass is 35.5. The van der Waals surface area contributed by atoms with E-state index in [1.807, 2.05) is 18.0 Å². The zero-order chi connectivity index (χ0) is 38.0. The Morgan fingerprint density at radius 1 is 0.909 bits per heavy atom. The number of nitrogens with one attached hydrogen (secondary N) is 2. The number of piperazine rings is 1. The fourth-order valence-electron chi connectivity index (χ4n) is 9.34. The van der Waals surface area contributed by atoms with Crippen LogP contribution in [0.4, 0.5) is 33.4 Å². The van der Waals surface area contributed by atoms with E-state index in [0.717, 1.165) is 69.2 Å². The van der Waals surface area contributed by atoms with Gasteiger partial charge in [-0.05, 0) is 67.9 Å². The van der Waals surface area contributed by atoms with Crippen LogP contribution in [0.1, 0.15) is 58.5 Å². The van der Waals surface area contributed by atoms with E-state index in [0.29, 0.717) is 41.1 Å². The predicted molar refractivity (Wildman–Crippen MR) is 210 cm³/mol. The minimum absolute atomic E-state index is 0.0563. The largest absolute Gasteiger partial charge is 0.385 e. The maximum absolute atomic E-state index is 13.6. The van der Waals surface area contributed by atoms with Crippen molar-refractivity contribution >= 4 is 69.6 Å². The summed E-state index contributed by atoms with van der Waals surface area (Å²) in [6, 6.07) is 13.6. The number of amides is 5. The number of carbonyl (C=O) groups is 4. The van der Waals surface area contributed by atoms with E-state index in [-0.39, 0.29) is 35.9 Å². The lowest BCUT2D eigenvalue weighted by atomic mass is 9.60. The molecule has 2 aromatic carbocycles. The number of fused-ring (bicyclic) bond motifs is 2. The molecule has 4 fully saturated rings. The summed E-state index contributed by atoms with van der Waals surface area (Å²) in [5.41, 5.74) is 12.1. The molecule has 5 aliphatic rings. The standard InChI is InChI=1S/C39H44ClN11O4/c1-42-28-20-33(45-51-32(35(41)53)23-43-36(28)51)49-11-7-26-29(3-2-4-30(26)49)47-17-15-46(16-18-47)25-21-39(22-25)9-13-48(14-10-39)37(54)24-5-6-27(40)31(19-24)50-12-8-34(52)44-38(50)55/h2-6,19-20,23,25,42H,7-18,21-22H2,1H3,(H2,41,53)(H,44,52,55). The predicted octanol–water partition coefficient (Wildman–Crippen LogP) is 3.87. The molecule has 4 N–H and O–H groups in total. The molecule has 4 aromatic rings. The van der Waals surface area contributed by atoms with Crippen LogP contribution in [0.2, 0.25) is 5.02 Å². The average Bonchev–Trinajstić information content (AvgIpc) is 3.82. The Hall–Kier alpha value is -5.41. The topological polar surface area (TPSA) is 165 Å². The molecule has 15 nitrogen and oxygen atoms in total. The monoisotopic (exact) mass is 765 g/mol. The van der Waals surface area contributed by atoms with E-state index >= 15 is 0 Å². The van der Waals surface area contributed by atoms with Crippen molar-refractivity contribution in [2.24, 2.45) is 11.1 Å². The van der Waals surface area contributed by atoms with E-state index < -0.39 is 11.9 Å². The summed E-state index contributed by atoms with van der Waals surface area (Å²) in [6.45, 7) is 6.38. The molecular formula is C39H44ClN11O4. The average molecular weight is 766 g/mol. The normalized spacial score (nSPS) is 20.2. The number of imidazole rings is 1. The number of urea groups is 1. The first-order valence-electron chi connectivity index (χ1n) is 19.1. The number of likely N-dealkylation sites (tertiary alicyclic amines) is 1. The van der Waals surface area contributed by atoms with Crippen LogP contribution in [0.25, 0.3) is 5.65 Å². The van der Waals surface area contributed by atoms with Gasteiger partial charge in [-0.2, -0.15) is 0 Å². The fraction of sp³-hybridized carbons (Fsp3) is 0.436. The molecule has 5 amide bonds. The van der Waals surface area contributed by atoms with Gasteiger partial charge in [0.1, 0.15) is 5.69 Å². The highest BCUT2D eigenvalue weighted by molar-refractivity contribution is 6.34. The number of hydrogen-bond acceptors (Lipinski definition) is 10. The van der Waals surface area contributed by atoms with E-state index in [1.54, 1.807) is 18.2 Å². The van der Waals surface area contributed by atoms with Crippen molar-refractivity contribution in [3.63, 3.8) is 0 Å². The second-order valence-electron chi connectivity index (χ2n) is 15.4. The number of rotatable bonds is 7. The van der Waals surface area contributed by atoms with Crippen LogP contribution in [-0.2, 0) is 11.2 Å². The number of benzene rings is 2. The van der Waals surface area contributed by atoms with Crippen molar-refractivity contribution in [1.29, 1.82) is 0 Å². The number of piperidine rings is 1. The molecule has 9 rings (SSSR count). The highest BCUT2D eigenvalue weighted by Gasteiger charge is 2.48. The number of nitrogens with zero attached hydrogens (tertiary/aromatic N) is 8. The number of aromatic nitrogens is 3. The molecule has 286 valence electrons. The summed E-state index contributed by atoms with van der Waals surface area (Å²) in [4.78, 5) is 64.9. The molecule has 0 radical (unpaired) electrons. The van der Waals surface area contributed by atoms with Crippen LogP contribution in [0.3, 0.4) is 0 Å². The maximum Gasteiger partial charge on any atom is 0.328 e. The summed E-state index contributed by atoms with van der Waals surface area (Å²) in [5, 5.41) is 10.7. The van der Waals surface area contributed by atoms with E-state index in [4.69, 9.17) is 22.4 Å². The molecule has 1 saturated carbocycles. The van der Waals surface area contributed by atoms with Crippen molar-refractivity contribution < 1.29 is 19.2 Å². The fourth-order valence-corrected chi connectivity index (χ4v) is 9.56. The molecule has 0 bridgehead atoms. The van der Waals surface area contributed by atoms with Gasteiger partial charge in [0.05, 0.1) is 22.6 Å². The third-order valence-electron chi connectivity index (χ3n) is 12.4. The van der Waals surface area contributed by atoms with Crippen LogP contribution in [0, 0.1) is 5.41 Å². The number of imide groups is 1. The zero-order valence-electron chi connectivity index (χ0n) is 30.8. The molecule has 55 heavy (non-hydrogen) atoms. The SMILES string of the molecule is CNc1cc(N2CCc3c(N4CCN(C5CC6(CCN(C(=O)c7ccc(Cl)c(N8CCC(=O)NC8=O)c7)CC6)C5)CC4)cccc32)nn2c(C(N)=O)cnc12. The first-order chi connectivity index (χ1) is 26.6. The van der Waals surface area contributed by atoms with E-state index in [9.17, 15) is 19.2 Å². The van der Waals surface area contributed by atoms with E-state index in [1.165, 1.54) is 39.7 Å². The van der Waals surface area contributed by atoms with E-state index in [2.05, 4.69) is 48.5 Å². The number of carbonyl (C=O) groups excluding carboxylic acids is 4. The van der Waals surface area contributed by atoms with Gasteiger partial charge < -0.3 is 25.8 Å². The molecular weight excluding hydrogens is 722 g/mol. The Kier molecular flexibility index (Phi) is 8.80. The van der Waals surface area contributed by atoms with Gasteiger partial charge in [0.15, 0.2) is 11.5 Å². The minimum atomic E-state index is -0.574. The molecule has 3 saturated heterocycles. The van der Waals surface area contributed by atoms with Crippen LogP contribution in [-0.4, -0.2) is 114 Å². The maximum atomic E-state index is 13.6. The molecule has 16 heteroatoms. The van der Waals surface area contributed by atoms with Gasteiger partial charge >= 0.3 is 6.03 Å². The second kappa shape index (κ2) is 13.7. The van der Waals surface area contributed by atoms with Gasteiger partial charge in [-0.1, -0.05) is 17.7 Å². The van der Waals surface area contributed by atoms with Crippen molar-refractivity contribution in [1.82, 2.24) is 29.7 Å². The Morgan fingerprint density at radius 2 is 1.65 bits per heavy atom. The number of anilines is 5. The second-order valence-corrected chi connectivity index (χ2v) is 15.8. The van der Waals surface area contributed by atoms with Gasteiger partial charge in [0.2, 0.25) is 5.91 Å².